The first kappa shape index (κ1) is 19.6. The number of aromatic nitrogens is 3. The lowest BCUT2D eigenvalue weighted by Gasteiger charge is -2.31. The maximum atomic E-state index is 13.3. The highest BCUT2D eigenvalue weighted by atomic mass is 16.3. The Bertz CT molecular complexity index is 864. The highest BCUT2D eigenvalue weighted by Gasteiger charge is 2.25. The van der Waals surface area contributed by atoms with Crippen molar-refractivity contribution in [3.63, 3.8) is 0 Å². The van der Waals surface area contributed by atoms with E-state index in [1.807, 2.05) is 55.4 Å². The van der Waals surface area contributed by atoms with Gasteiger partial charge in [-0.15, -0.1) is 0 Å². The number of nitrogens with zero attached hydrogens (tertiary/aromatic N) is 4. The van der Waals surface area contributed by atoms with Crippen LogP contribution in [0.4, 0.5) is 5.82 Å². The molecule has 0 saturated heterocycles. The molecule has 2 aromatic heterocycles. The van der Waals surface area contributed by atoms with Crippen molar-refractivity contribution >= 4 is 11.7 Å². The maximum absolute atomic E-state index is 13.3. The number of hydrogen-bond acceptors (Lipinski definition) is 5. The van der Waals surface area contributed by atoms with Gasteiger partial charge in [0.25, 0.3) is 5.91 Å². The number of imidazole rings is 1. The van der Waals surface area contributed by atoms with Gasteiger partial charge in [0, 0.05) is 45.1 Å². The summed E-state index contributed by atoms with van der Waals surface area (Å²) in [5.41, 5.74) is 2.35. The molecule has 0 aliphatic rings. The largest absolute Gasteiger partial charge is 0.394 e. The average Bonchev–Trinajstić information content (AvgIpc) is 3.24. The lowest BCUT2D eigenvalue weighted by molar-refractivity contribution is 0.0569. The van der Waals surface area contributed by atoms with Crippen molar-refractivity contribution < 1.29 is 9.90 Å². The number of pyridine rings is 1. The molecule has 0 radical (unpaired) electrons. The van der Waals surface area contributed by atoms with Crippen molar-refractivity contribution in [2.24, 2.45) is 0 Å². The predicted molar refractivity (Wildman–Crippen MR) is 108 cm³/mol. The third-order valence-corrected chi connectivity index (χ3v) is 4.57. The first-order chi connectivity index (χ1) is 13.6. The van der Waals surface area contributed by atoms with Gasteiger partial charge in [0.2, 0.25) is 0 Å². The number of benzene rings is 1. The number of H-pyrrole nitrogens is 1. The third kappa shape index (κ3) is 4.75. The molecular formula is C21H25N5O2. The number of carbonyl (C=O) groups excluding carboxylic acids is 1. The number of rotatable bonds is 8. The standard InChI is InChI=1S/C21H25N5O2/c1-25(2)20-9-8-17(11-23-20)21(28)26(13-16-6-4-3-5-7-16)19(14-27)10-18-12-22-15-24-18/h3-9,11-12,15,19,27H,10,13-14H2,1-2H3,(H,22,24)/t19-/m0/s1. The zero-order valence-corrected chi connectivity index (χ0v) is 16.1. The van der Waals surface area contributed by atoms with E-state index in [4.69, 9.17) is 0 Å². The Kier molecular flexibility index (Phi) is 6.39. The molecule has 1 aromatic carbocycles. The quantitative estimate of drug-likeness (QED) is 0.626. The SMILES string of the molecule is CN(C)c1ccc(C(=O)N(Cc2ccccc2)[C@H](CO)Cc2cnc[nH]2)cn1. The van der Waals surface area contributed by atoms with Crippen molar-refractivity contribution in [2.45, 2.75) is 19.0 Å². The summed E-state index contributed by atoms with van der Waals surface area (Å²) in [6.07, 6.45) is 5.37. The van der Waals surface area contributed by atoms with Crippen LogP contribution in [0.5, 0.6) is 0 Å². The first-order valence-corrected chi connectivity index (χ1v) is 9.15. The van der Waals surface area contributed by atoms with Crippen LogP contribution in [-0.2, 0) is 13.0 Å². The van der Waals surface area contributed by atoms with Gasteiger partial charge < -0.3 is 19.9 Å². The third-order valence-electron chi connectivity index (χ3n) is 4.57. The Morgan fingerprint density at radius 3 is 2.50 bits per heavy atom. The molecule has 0 unspecified atom stereocenters. The number of nitrogens with one attached hydrogen (secondary N) is 1. The second kappa shape index (κ2) is 9.14. The molecule has 1 amide bonds. The minimum Gasteiger partial charge on any atom is -0.394 e. The van der Waals surface area contributed by atoms with Crippen molar-refractivity contribution in [3.05, 3.63) is 78.0 Å². The summed E-state index contributed by atoms with van der Waals surface area (Å²) in [6, 6.07) is 13.0. The van der Waals surface area contributed by atoms with Crippen LogP contribution in [0.2, 0.25) is 0 Å². The molecule has 0 spiro atoms. The van der Waals surface area contributed by atoms with Gasteiger partial charge in [-0.2, -0.15) is 0 Å². The Morgan fingerprint density at radius 2 is 1.93 bits per heavy atom. The fourth-order valence-electron chi connectivity index (χ4n) is 3.01. The molecule has 28 heavy (non-hydrogen) atoms. The van der Waals surface area contributed by atoms with E-state index < -0.39 is 0 Å². The Labute approximate surface area is 164 Å². The van der Waals surface area contributed by atoms with Gasteiger partial charge in [-0.25, -0.2) is 9.97 Å². The second-order valence-corrected chi connectivity index (χ2v) is 6.84. The van der Waals surface area contributed by atoms with Crippen LogP contribution in [0, 0.1) is 0 Å². The number of aromatic amines is 1. The average molecular weight is 379 g/mol. The van der Waals surface area contributed by atoms with Crippen molar-refractivity contribution in [3.8, 4) is 0 Å². The summed E-state index contributed by atoms with van der Waals surface area (Å²) in [7, 11) is 3.80. The van der Waals surface area contributed by atoms with E-state index in [-0.39, 0.29) is 18.6 Å². The van der Waals surface area contributed by atoms with Crippen LogP contribution in [0.15, 0.2) is 61.2 Å². The molecule has 0 aliphatic carbocycles. The zero-order chi connectivity index (χ0) is 19.9. The van der Waals surface area contributed by atoms with E-state index in [1.165, 1.54) is 0 Å². The highest BCUT2D eigenvalue weighted by molar-refractivity contribution is 5.94. The smallest absolute Gasteiger partial charge is 0.256 e. The molecule has 2 heterocycles. The topological polar surface area (TPSA) is 85.4 Å². The first-order valence-electron chi connectivity index (χ1n) is 9.15. The number of aliphatic hydroxyl groups excluding tert-OH is 1. The molecule has 0 aliphatic heterocycles. The van der Waals surface area contributed by atoms with Crippen molar-refractivity contribution in [1.29, 1.82) is 0 Å². The minimum absolute atomic E-state index is 0.152. The Hall–Kier alpha value is -3.19. The number of amides is 1. The van der Waals surface area contributed by atoms with Gasteiger partial charge >= 0.3 is 0 Å². The fourth-order valence-corrected chi connectivity index (χ4v) is 3.01. The zero-order valence-electron chi connectivity index (χ0n) is 16.1. The summed E-state index contributed by atoms with van der Waals surface area (Å²) < 4.78 is 0. The maximum Gasteiger partial charge on any atom is 0.256 e. The number of anilines is 1. The van der Waals surface area contributed by atoms with Crippen LogP contribution in [0.25, 0.3) is 0 Å². The van der Waals surface area contributed by atoms with Crippen molar-refractivity contribution in [1.82, 2.24) is 19.9 Å². The molecule has 3 aromatic rings. The van der Waals surface area contributed by atoms with Crippen LogP contribution in [0.3, 0.4) is 0 Å². The molecule has 2 N–H and O–H groups in total. The highest BCUT2D eigenvalue weighted by Crippen LogP contribution is 2.17. The Balaban J connectivity index is 1.88. The molecule has 146 valence electrons. The van der Waals surface area contributed by atoms with E-state index >= 15 is 0 Å². The van der Waals surface area contributed by atoms with Crippen LogP contribution < -0.4 is 4.90 Å². The molecular weight excluding hydrogens is 354 g/mol. The summed E-state index contributed by atoms with van der Waals surface area (Å²) in [5, 5.41) is 10.0. The lowest BCUT2D eigenvalue weighted by atomic mass is 10.1. The lowest BCUT2D eigenvalue weighted by Crippen LogP contribution is -2.43. The number of aliphatic hydroxyl groups is 1. The van der Waals surface area contributed by atoms with E-state index in [9.17, 15) is 9.90 Å². The van der Waals surface area contributed by atoms with Crippen LogP contribution in [-0.4, -0.2) is 57.6 Å². The molecule has 7 heteroatoms. The van der Waals surface area contributed by atoms with Crippen LogP contribution >= 0.6 is 0 Å². The summed E-state index contributed by atoms with van der Waals surface area (Å²) in [4.78, 5) is 28.3. The molecule has 1 atom stereocenters. The number of carbonyl (C=O) groups is 1. The van der Waals surface area contributed by atoms with Gasteiger partial charge in [0.15, 0.2) is 0 Å². The van der Waals surface area contributed by atoms with E-state index in [0.717, 1.165) is 17.1 Å². The van der Waals surface area contributed by atoms with Gasteiger partial charge in [-0.3, -0.25) is 4.79 Å². The Morgan fingerprint density at radius 1 is 1.14 bits per heavy atom. The summed E-state index contributed by atoms with van der Waals surface area (Å²) in [6.45, 7) is 0.245. The fraction of sp³-hybridized carbons (Fsp3) is 0.286. The van der Waals surface area contributed by atoms with Gasteiger partial charge in [-0.05, 0) is 17.7 Å². The van der Waals surface area contributed by atoms with E-state index in [2.05, 4.69) is 15.0 Å². The summed E-state index contributed by atoms with van der Waals surface area (Å²) in [5.74, 6) is 0.613. The van der Waals surface area contributed by atoms with Gasteiger partial charge in [0.05, 0.1) is 24.5 Å². The van der Waals surface area contributed by atoms with Crippen LogP contribution in [0.1, 0.15) is 21.6 Å². The van der Waals surface area contributed by atoms with E-state index in [1.54, 1.807) is 29.7 Å². The number of hydrogen-bond donors (Lipinski definition) is 2. The van der Waals surface area contributed by atoms with E-state index in [0.29, 0.717) is 18.5 Å². The molecule has 3 rings (SSSR count). The molecule has 0 bridgehead atoms. The summed E-state index contributed by atoms with van der Waals surface area (Å²) >= 11 is 0. The van der Waals surface area contributed by atoms with Gasteiger partial charge in [0.1, 0.15) is 5.82 Å². The van der Waals surface area contributed by atoms with Crippen molar-refractivity contribution in [2.75, 3.05) is 25.6 Å². The minimum atomic E-state index is -0.387. The molecule has 7 nitrogen and oxygen atoms in total. The predicted octanol–water partition coefficient (Wildman–Crippen LogP) is 2.12. The normalized spacial score (nSPS) is 11.8. The second-order valence-electron chi connectivity index (χ2n) is 6.84. The molecule has 0 saturated carbocycles. The molecule has 0 fully saturated rings. The van der Waals surface area contributed by atoms with Gasteiger partial charge in [-0.1, -0.05) is 30.3 Å². The monoisotopic (exact) mass is 379 g/mol.